The van der Waals surface area contributed by atoms with Crippen molar-refractivity contribution in [2.75, 3.05) is 18.4 Å². The smallest absolute Gasteiger partial charge is 0.256 e. The van der Waals surface area contributed by atoms with Gasteiger partial charge in [-0.15, -0.1) is 0 Å². The lowest BCUT2D eigenvalue weighted by Gasteiger charge is -2.21. The van der Waals surface area contributed by atoms with Crippen LogP contribution in [0.2, 0.25) is 0 Å². The van der Waals surface area contributed by atoms with Gasteiger partial charge in [-0.2, -0.15) is 4.31 Å². The second-order valence-electron chi connectivity index (χ2n) is 7.91. The van der Waals surface area contributed by atoms with Crippen LogP contribution in [0.3, 0.4) is 0 Å². The van der Waals surface area contributed by atoms with Crippen molar-refractivity contribution >= 4 is 21.6 Å². The highest BCUT2D eigenvalue weighted by Gasteiger charge is 2.26. The molecular formula is C23H30N2O4S. The Balaban J connectivity index is 1.88. The summed E-state index contributed by atoms with van der Waals surface area (Å²) in [5, 5.41) is 2.87. The molecule has 0 unspecified atom stereocenters. The Bertz CT molecular complexity index is 994. The van der Waals surface area contributed by atoms with Crippen molar-refractivity contribution in [2.45, 2.75) is 57.5 Å². The number of anilines is 1. The monoisotopic (exact) mass is 430 g/mol. The van der Waals surface area contributed by atoms with Gasteiger partial charge in [0.25, 0.3) is 5.91 Å². The number of hydrogen-bond donors (Lipinski definition) is 1. The third-order valence-corrected chi connectivity index (χ3v) is 7.05. The highest BCUT2D eigenvalue weighted by atomic mass is 32.2. The predicted octanol–water partition coefficient (Wildman–Crippen LogP) is 4.60. The van der Waals surface area contributed by atoms with Gasteiger partial charge in [-0.1, -0.05) is 31.0 Å². The molecule has 2 aromatic carbocycles. The first-order valence-corrected chi connectivity index (χ1v) is 11.9. The molecule has 0 spiro atoms. The molecule has 1 aliphatic rings. The van der Waals surface area contributed by atoms with E-state index < -0.39 is 10.0 Å². The van der Waals surface area contributed by atoms with Crippen molar-refractivity contribution in [3.63, 3.8) is 0 Å². The molecule has 1 amide bonds. The Morgan fingerprint density at radius 3 is 2.37 bits per heavy atom. The van der Waals surface area contributed by atoms with Crippen LogP contribution < -0.4 is 10.1 Å². The number of hydrogen-bond acceptors (Lipinski definition) is 4. The Morgan fingerprint density at radius 2 is 1.70 bits per heavy atom. The van der Waals surface area contributed by atoms with E-state index in [9.17, 15) is 13.2 Å². The quantitative estimate of drug-likeness (QED) is 0.727. The fraction of sp³-hybridized carbons (Fsp3) is 0.435. The van der Waals surface area contributed by atoms with E-state index in [1.165, 1.54) is 10.4 Å². The van der Waals surface area contributed by atoms with Gasteiger partial charge in [-0.3, -0.25) is 4.79 Å². The maximum absolute atomic E-state index is 13.1. The van der Waals surface area contributed by atoms with E-state index in [1.54, 1.807) is 31.2 Å². The number of nitrogens with one attached hydrogen (secondary N) is 1. The number of carbonyl (C=O) groups excluding carboxylic acids is 1. The Kier molecular flexibility index (Phi) is 7.15. The Labute approximate surface area is 179 Å². The van der Waals surface area contributed by atoms with E-state index in [2.05, 4.69) is 5.32 Å². The molecule has 0 atom stereocenters. The van der Waals surface area contributed by atoms with Crippen LogP contribution in [0.1, 0.15) is 55.5 Å². The van der Waals surface area contributed by atoms with Crippen molar-refractivity contribution in [1.82, 2.24) is 4.31 Å². The van der Waals surface area contributed by atoms with Crippen LogP contribution in [0.15, 0.2) is 47.4 Å². The lowest BCUT2D eigenvalue weighted by Crippen LogP contribution is -2.32. The lowest BCUT2D eigenvalue weighted by molar-refractivity contribution is 0.102. The zero-order valence-electron chi connectivity index (χ0n) is 17.8. The molecule has 1 heterocycles. The highest BCUT2D eigenvalue weighted by molar-refractivity contribution is 7.89. The SMILES string of the molecule is Cc1ccc(S(=O)(=O)N2CCCCCC2)cc1C(=O)Nc1ccccc1OC(C)C. The summed E-state index contributed by atoms with van der Waals surface area (Å²) in [4.78, 5) is 13.2. The average Bonchev–Trinajstić information content (AvgIpc) is 2.99. The molecule has 1 fully saturated rings. The number of para-hydroxylation sites is 2. The van der Waals surface area contributed by atoms with Gasteiger partial charge in [0.1, 0.15) is 5.75 Å². The van der Waals surface area contributed by atoms with Crippen LogP contribution in [0.5, 0.6) is 5.75 Å². The number of rotatable bonds is 6. The van der Waals surface area contributed by atoms with Crippen LogP contribution in [-0.2, 0) is 10.0 Å². The van der Waals surface area contributed by atoms with Gasteiger partial charge in [0, 0.05) is 18.7 Å². The van der Waals surface area contributed by atoms with Crippen LogP contribution >= 0.6 is 0 Å². The zero-order valence-corrected chi connectivity index (χ0v) is 18.7. The number of aryl methyl sites for hydroxylation is 1. The number of amides is 1. The molecule has 7 heteroatoms. The molecule has 0 bridgehead atoms. The topological polar surface area (TPSA) is 75.7 Å². The van der Waals surface area contributed by atoms with Gasteiger partial charge in [-0.25, -0.2) is 8.42 Å². The van der Waals surface area contributed by atoms with E-state index in [0.29, 0.717) is 35.7 Å². The molecule has 2 aromatic rings. The fourth-order valence-corrected chi connectivity index (χ4v) is 5.10. The summed E-state index contributed by atoms with van der Waals surface area (Å²) in [5.41, 5.74) is 1.60. The molecule has 1 aliphatic heterocycles. The lowest BCUT2D eigenvalue weighted by atomic mass is 10.1. The molecule has 1 N–H and O–H groups in total. The van der Waals surface area contributed by atoms with Gasteiger partial charge in [0.15, 0.2) is 0 Å². The minimum atomic E-state index is -3.63. The standard InChI is InChI=1S/C23H30N2O4S/c1-17(2)29-22-11-7-6-10-21(22)24-23(26)20-16-19(13-12-18(20)3)30(27,28)25-14-8-4-5-9-15-25/h6-7,10-13,16-17H,4-5,8-9,14-15H2,1-3H3,(H,24,26). The molecule has 0 radical (unpaired) electrons. The predicted molar refractivity (Wildman–Crippen MR) is 119 cm³/mol. The minimum absolute atomic E-state index is 0.0353. The third kappa shape index (κ3) is 5.21. The average molecular weight is 431 g/mol. The fourth-order valence-electron chi connectivity index (χ4n) is 3.55. The maximum atomic E-state index is 13.1. The van der Waals surface area contributed by atoms with E-state index in [0.717, 1.165) is 25.7 Å². The van der Waals surface area contributed by atoms with Crippen LogP contribution in [0.25, 0.3) is 0 Å². The van der Waals surface area contributed by atoms with Crippen molar-refractivity contribution in [2.24, 2.45) is 0 Å². The molecule has 0 saturated carbocycles. The van der Waals surface area contributed by atoms with E-state index in [4.69, 9.17) is 4.74 Å². The minimum Gasteiger partial charge on any atom is -0.489 e. The van der Waals surface area contributed by atoms with Gasteiger partial charge in [0.2, 0.25) is 10.0 Å². The summed E-state index contributed by atoms with van der Waals surface area (Å²) in [6, 6.07) is 12.0. The zero-order chi connectivity index (χ0) is 21.7. The summed E-state index contributed by atoms with van der Waals surface area (Å²) < 4.78 is 33.6. The van der Waals surface area contributed by atoms with Gasteiger partial charge in [0.05, 0.1) is 16.7 Å². The molecule has 162 valence electrons. The third-order valence-electron chi connectivity index (χ3n) is 5.15. The van der Waals surface area contributed by atoms with Crippen molar-refractivity contribution in [1.29, 1.82) is 0 Å². The largest absolute Gasteiger partial charge is 0.489 e. The second-order valence-corrected chi connectivity index (χ2v) is 9.85. The number of ether oxygens (including phenoxy) is 1. The van der Waals surface area contributed by atoms with Gasteiger partial charge >= 0.3 is 0 Å². The maximum Gasteiger partial charge on any atom is 0.256 e. The first-order valence-electron chi connectivity index (χ1n) is 10.5. The molecule has 0 aromatic heterocycles. The van der Waals surface area contributed by atoms with E-state index >= 15 is 0 Å². The van der Waals surface area contributed by atoms with Crippen molar-refractivity contribution < 1.29 is 17.9 Å². The van der Waals surface area contributed by atoms with Gasteiger partial charge in [-0.05, 0) is 63.4 Å². The molecular weight excluding hydrogens is 400 g/mol. The van der Waals surface area contributed by atoms with E-state index in [-0.39, 0.29) is 16.9 Å². The summed E-state index contributed by atoms with van der Waals surface area (Å²) in [5.74, 6) is 0.215. The molecule has 3 rings (SSSR count). The number of carbonyl (C=O) groups is 1. The van der Waals surface area contributed by atoms with Crippen LogP contribution in [0.4, 0.5) is 5.69 Å². The first kappa shape index (κ1) is 22.3. The van der Waals surface area contributed by atoms with Crippen molar-refractivity contribution in [3.05, 3.63) is 53.6 Å². The molecule has 6 nitrogen and oxygen atoms in total. The highest BCUT2D eigenvalue weighted by Crippen LogP contribution is 2.27. The Hall–Kier alpha value is -2.38. The normalized spacial score (nSPS) is 15.6. The molecule has 1 saturated heterocycles. The summed E-state index contributed by atoms with van der Waals surface area (Å²) in [6.07, 6.45) is 3.79. The van der Waals surface area contributed by atoms with Crippen LogP contribution in [-0.4, -0.2) is 37.8 Å². The second kappa shape index (κ2) is 9.62. The summed E-state index contributed by atoms with van der Waals surface area (Å²) in [6.45, 7) is 6.68. The first-order chi connectivity index (χ1) is 14.3. The number of benzene rings is 2. The number of nitrogens with zero attached hydrogens (tertiary/aromatic N) is 1. The van der Waals surface area contributed by atoms with Crippen molar-refractivity contribution in [3.8, 4) is 5.75 Å². The number of sulfonamides is 1. The molecule has 30 heavy (non-hydrogen) atoms. The summed E-state index contributed by atoms with van der Waals surface area (Å²) >= 11 is 0. The van der Waals surface area contributed by atoms with E-state index in [1.807, 2.05) is 26.0 Å². The molecule has 0 aliphatic carbocycles. The summed E-state index contributed by atoms with van der Waals surface area (Å²) in [7, 11) is -3.63. The Morgan fingerprint density at radius 1 is 1.03 bits per heavy atom. The van der Waals surface area contributed by atoms with Crippen LogP contribution in [0, 0.1) is 6.92 Å². The van der Waals surface area contributed by atoms with Gasteiger partial charge < -0.3 is 10.1 Å².